The fraction of sp³-hybridized carbons (Fsp3) is 0.429. The predicted molar refractivity (Wildman–Crippen MR) is 73.4 cm³/mol. The quantitative estimate of drug-likeness (QED) is 0.912. The van der Waals surface area contributed by atoms with Gasteiger partial charge >= 0.3 is 0 Å². The number of rotatable bonds is 4. The van der Waals surface area contributed by atoms with E-state index in [1.54, 1.807) is 17.3 Å². The van der Waals surface area contributed by atoms with E-state index in [0.717, 1.165) is 44.0 Å². The molecule has 1 aromatic carbocycles. The zero-order chi connectivity index (χ0) is 12.9. The highest BCUT2D eigenvalue weighted by molar-refractivity contribution is 5.60. The first-order valence-corrected chi connectivity index (χ1v) is 6.69. The summed E-state index contributed by atoms with van der Waals surface area (Å²) in [6, 6.07) is 8.17. The molecular weight excluding hydrogens is 240 g/mol. The molecule has 3 rings (SSSR count). The topological polar surface area (TPSA) is 52.0 Å². The number of benzene rings is 1. The first kappa shape index (κ1) is 12.2. The normalized spacial score (nSPS) is 16.4. The second kappa shape index (κ2) is 5.84. The van der Waals surface area contributed by atoms with E-state index in [2.05, 4.69) is 21.5 Å². The van der Waals surface area contributed by atoms with E-state index in [1.165, 1.54) is 0 Å². The van der Waals surface area contributed by atoms with Crippen LogP contribution in [0.15, 0.2) is 36.9 Å². The Morgan fingerprint density at radius 3 is 2.89 bits per heavy atom. The second-order valence-corrected chi connectivity index (χ2v) is 4.79. The minimum absolute atomic E-state index is 0.692. The van der Waals surface area contributed by atoms with Crippen molar-refractivity contribution in [2.24, 2.45) is 5.92 Å². The first-order valence-electron chi connectivity index (χ1n) is 6.69. The Bertz CT molecular complexity index is 506. The smallest absolute Gasteiger partial charge is 0.138 e. The van der Waals surface area contributed by atoms with Crippen LogP contribution < -0.4 is 5.32 Å². The van der Waals surface area contributed by atoms with Crippen molar-refractivity contribution in [3.8, 4) is 5.69 Å². The fourth-order valence-electron chi connectivity index (χ4n) is 2.36. The number of nitrogens with one attached hydrogen (secondary N) is 1. The largest absolute Gasteiger partial charge is 0.383 e. The van der Waals surface area contributed by atoms with Gasteiger partial charge in [-0.25, -0.2) is 9.67 Å². The van der Waals surface area contributed by atoms with Crippen molar-refractivity contribution in [2.75, 3.05) is 25.1 Å². The Hall–Kier alpha value is -1.88. The monoisotopic (exact) mass is 258 g/mol. The fourth-order valence-corrected chi connectivity index (χ4v) is 2.36. The maximum atomic E-state index is 5.38. The molecule has 0 radical (unpaired) electrons. The van der Waals surface area contributed by atoms with Gasteiger partial charge < -0.3 is 10.1 Å². The summed E-state index contributed by atoms with van der Waals surface area (Å²) in [6.45, 7) is 2.75. The number of ether oxygens (including phenoxy) is 1. The average Bonchev–Trinajstić information content (AvgIpc) is 3.01. The Balaban J connectivity index is 1.70. The van der Waals surface area contributed by atoms with Crippen molar-refractivity contribution in [2.45, 2.75) is 12.8 Å². The van der Waals surface area contributed by atoms with Crippen molar-refractivity contribution in [1.82, 2.24) is 14.8 Å². The number of hydrogen-bond donors (Lipinski definition) is 1. The third-order valence-corrected chi connectivity index (χ3v) is 3.49. The SMILES string of the molecule is c1ccc(-n2cncn2)c(NCC2CCOCC2)c1. The number of anilines is 1. The molecule has 0 spiro atoms. The van der Waals surface area contributed by atoms with Gasteiger partial charge in [0, 0.05) is 19.8 Å². The van der Waals surface area contributed by atoms with E-state index >= 15 is 0 Å². The molecule has 0 atom stereocenters. The summed E-state index contributed by atoms with van der Waals surface area (Å²) in [7, 11) is 0. The molecule has 1 saturated heterocycles. The molecule has 5 heteroatoms. The molecule has 5 nitrogen and oxygen atoms in total. The van der Waals surface area contributed by atoms with Crippen LogP contribution in [-0.2, 0) is 4.74 Å². The van der Waals surface area contributed by atoms with Crippen LogP contribution in [-0.4, -0.2) is 34.5 Å². The molecule has 1 fully saturated rings. The highest BCUT2D eigenvalue weighted by atomic mass is 16.5. The van der Waals surface area contributed by atoms with Gasteiger partial charge in [-0.3, -0.25) is 0 Å². The molecule has 19 heavy (non-hydrogen) atoms. The number of nitrogens with zero attached hydrogens (tertiary/aromatic N) is 3. The van der Waals surface area contributed by atoms with E-state index in [0.29, 0.717) is 5.92 Å². The van der Waals surface area contributed by atoms with E-state index in [4.69, 9.17) is 4.74 Å². The van der Waals surface area contributed by atoms with Crippen molar-refractivity contribution in [1.29, 1.82) is 0 Å². The molecular formula is C14H18N4O. The second-order valence-electron chi connectivity index (χ2n) is 4.79. The highest BCUT2D eigenvalue weighted by Gasteiger charge is 2.14. The van der Waals surface area contributed by atoms with E-state index in [9.17, 15) is 0 Å². The van der Waals surface area contributed by atoms with Gasteiger partial charge in [0.15, 0.2) is 0 Å². The van der Waals surface area contributed by atoms with Gasteiger partial charge in [-0.2, -0.15) is 5.10 Å². The van der Waals surface area contributed by atoms with Gasteiger partial charge in [-0.1, -0.05) is 12.1 Å². The van der Waals surface area contributed by atoms with Gasteiger partial charge in [0.1, 0.15) is 12.7 Å². The van der Waals surface area contributed by atoms with Crippen molar-refractivity contribution in [3.05, 3.63) is 36.9 Å². The number of aromatic nitrogens is 3. The van der Waals surface area contributed by atoms with E-state index in [-0.39, 0.29) is 0 Å². The summed E-state index contributed by atoms with van der Waals surface area (Å²) in [5, 5.41) is 7.71. The van der Waals surface area contributed by atoms with Crippen molar-refractivity contribution >= 4 is 5.69 Å². The van der Waals surface area contributed by atoms with Crippen LogP contribution in [0.5, 0.6) is 0 Å². The maximum Gasteiger partial charge on any atom is 0.138 e. The van der Waals surface area contributed by atoms with Crippen LogP contribution in [0.4, 0.5) is 5.69 Å². The first-order chi connectivity index (χ1) is 9.43. The lowest BCUT2D eigenvalue weighted by molar-refractivity contribution is 0.0699. The molecule has 1 aromatic heterocycles. The van der Waals surface area contributed by atoms with Crippen LogP contribution in [0, 0.1) is 5.92 Å². The van der Waals surface area contributed by atoms with Crippen molar-refractivity contribution < 1.29 is 4.74 Å². The Labute approximate surface area is 112 Å². The molecule has 0 saturated carbocycles. The molecule has 1 N–H and O–H groups in total. The average molecular weight is 258 g/mol. The summed E-state index contributed by atoms with van der Waals surface area (Å²) in [4.78, 5) is 4.00. The molecule has 2 heterocycles. The zero-order valence-corrected chi connectivity index (χ0v) is 10.8. The molecule has 0 amide bonds. The minimum atomic E-state index is 0.692. The molecule has 0 unspecified atom stereocenters. The Morgan fingerprint density at radius 2 is 2.11 bits per heavy atom. The van der Waals surface area contributed by atoms with Gasteiger partial charge in [0.2, 0.25) is 0 Å². The summed E-state index contributed by atoms with van der Waals surface area (Å²) < 4.78 is 7.17. The number of hydrogen-bond acceptors (Lipinski definition) is 4. The van der Waals surface area contributed by atoms with Gasteiger partial charge in [0.05, 0.1) is 11.4 Å². The molecule has 100 valence electrons. The third kappa shape index (κ3) is 2.93. The highest BCUT2D eigenvalue weighted by Crippen LogP contribution is 2.21. The summed E-state index contributed by atoms with van der Waals surface area (Å²) in [5.74, 6) is 0.692. The lowest BCUT2D eigenvalue weighted by Gasteiger charge is -2.23. The Kier molecular flexibility index (Phi) is 3.74. The summed E-state index contributed by atoms with van der Waals surface area (Å²) >= 11 is 0. The van der Waals surface area contributed by atoms with E-state index < -0.39 is 0 Å². The molecule has 2 aromatic rings. The van der Waals surface area contributed by atoms with Gasteiger partial charge in [-0.15, -0.1) is 0 Å². The van der Waals surface area contributed by atoms with Crippen molar-refractivity contribution in [3.63, 3.8) is 0 Å². The van der Waals surface area contributed by atoms with Crippen LogP contribution in [0.25, 0.3) is 5.69 Å². The van der Waals surface area contributed by atoms with E-state index in [1.807, 2.05) is 18.2 Å². The molecule has 0 bridgehead atoms. The minimum Gasteiger partial charge on any atom is -0.383 e. The third-order valence-electron chi connectivity index (χ3n) is 3.49. The number of para-hydroxylation sites is 2. The Morgan fingerprint density at radius 1 is 1.26 bits per heavy atom. The van der Waals surface area contributed by atoms with Crippen LogP contribution >= 0.6 is 0 Å². The van der Waals surface area contributed by atoms with Crippen LogP contribution in [0.1, 0.15) is 12.8 Å². The summed E-state index contributed by atoms with van der Waals surface area (Å²) in [6.07, 6.45) is 5.54. The maximum absolute atomic E-state index is 5.38. The predicted octanol–water partition coefficient (Wildman–Crippen LogP) is 2.11. The standard InChI is InChI=1S/C14H18N4O/c1-2-4-14(18-11-15-10-17-18)13(3-1)16-9-12-5-7-19-8-6-12/h1-4,10-12,16H,5-9H2. The molecule has 0 aliphatic carbocycles. The van der Waals surface area contributed by atoms with Gasteiger partial charge in [0.25, 0.3) is 0 Å². The van der Waals surface area contributed by atoms with Crippen LogP contribution in [0.2, 0.25) is 0 Å². The lowest BCUT2D eigenvalue weighted by Crippen LogP contribution is -2.23. The summed E-state index contributed by atoms with van der Waals surface area (Å²) in [5.41, 5.74) is 2.13. The van der Waals surface area contributed by atoms with Gasteiger partial charge in [-0.05, 0) is 30.9 Å². The van der Waals surface area contributed by atoms with Crippen LogP contribution in [0.3, 0.4) is 0 Å². The lowest BCUT2D eigenvalue weighted by atomic mass is 10.0. The zero-order valence-electron chi connectivity index (χ0n) is 10.8. The molecule has 1 aliphatic heterocycles. The molecule has 1 aliphatic rings.